The summed E-state index contributed by atoms with van der Waals surface area (Å²) in [7, 11) is 0. The van der Waals surface area contributed by atoms with Crippen molar-refractivity contribution in [2.24, 2.45) is 5.73 Å². The number of carbonyl (C=O) groups is 1. The third kappa shape index (κ3) is 3.16. The Balaban J connectivity index is 1.95. The molecule has 1 aromatic heterocycles. The van der Waals surface area contributed by atoms with Crippen molar-refractivity contribution in [3.63, 3.8) is 0 Å². The van der Waals surface area contributed by atoms with Gasteiger partial charge >= 0.3 is 0 Å². The van der Waals surface area contributed by atoms with Crippen LogP contribution in [0.1, 0.15) is 25.0 Å². The lowest BCUT2D eigenvalue weighted by atomic mass is 10.2. The molecule has 1 aliphatic rings. The lowest BCUT2D eigenvalue weighted by molar-refractivity contribution is -0.122. The second kappa shape index (κ2) is 5.30. The Labute approximate surface area is 105 Å². The summed E-state index contributed by atoms with van der Waals surface area (Å²) in [5.74, 6) is -0.186. The Morgan fingerprint density at radius 3 is 3.00 bits per heavy atom. The number of nitrogens with one attached hydrogen (secondary N) is 1. The summed E-state index contributed by atoms with van der Waals surface area (Å²) in [5, 5.41) is 6.91. The van der Waals surface area contributed by atoms with Crippen LogP contribution in [0.25, 0.3) is 0 Å². The van der Waals surface area contributed by atoms with Gasteiger partial charge in [-0.3, -0.25) is 9.59 Å². The molecule has 98 valence electrons. The Morgan fingerprint density at radius 1 is 1.56 bits per heavy atom. The summed E-state index contributed by atoms with van der Waals surface area (Å²) in [4.78, 5) is 23.3. The Morgan fingerprint density at radius 2 is 2.33 bits per heavy atom. The molecular formula is C12H18N4O2. The first-order valence-corrected chi connectivity index (χ1v) is 6.14. The lowest BCUT2D eigenvalue weighted by Gasteiger charge is -2.12. The Hall–Kier alpha value is -1.69. The minimum absolute atomic E-state index is 0.0355. The van der Waals surface area contributed by atoms with E-state index in [1.165, 1.54) is 10.7 Å². The summed E-state index contributed by atoms with van der Waals surface area (Å²) < 4.78 is 1.18. The normalized spacial score (nSPS) is 23.0. The molecule has 0 bridgehead atoms. The predicted octanol–water partition coefficient (Wildman–Crippen LogP) is -0.452. The van der Waals surface area contributed by atoms with Gasteiger partial charge in [0, 0.05) is 18.2 Å². The zero-order valence-corrected chi connectivity index (χ0v) is 10.4. The zero-order chi connectivity index (χ0) is 13.1. The molecule has 3 N–H and O–H groups in total. The summed E-state index contributed by atoms with van der Waals surface area (Å²) in [6.45, 7) is 1.75. The SMILES string of the molecule is Cc1ccc(=O)n(CC(=O)N[C@@H]2CC[C@@H](N)C2)n1. The van der Waals surface area contributed by atoms with E-state index >= 15 is 0 Å². The van der Waals surface area contributed by atoms with Crippen molar-refractivity contribution >= 4 is 5.91 Å². The minimum Gasteiger partial charge on any atom is -0.352 e. The molecule has 0 aromatic carbocycles. The van der Waals surface area contributed by atoms with Gasteiger partial charge in [-0.05, 0) is 32.3 Å². The average molecular weight is 250 g/mol. The summed E-state index contributed by atoms with van der Waals surface area (Å²) >= 11 is 0. The molecule has 0 aliphatic heterocycles. The molecule has 0 saturated heterocycles. The van der Waals surface area contributed by atoms with E-state index in [2.05, 4.69) is 10.4 Å². The van der Waals surface area contributed by atoms with Gasteiger partial charge in [-0.25, -0.2) is 4.68 Å². The average Bonchev–Trinajstić information content (AvgIpc) is 2.69. The largest absolute Gasteiger partial charge is 0.352 e. The molecule has 1 saturated carbocycles. The van der Waals surface area contributed by atoms with Crippen molar-refractivity contribution in [2.45, 2.75) is 44.8 Å². The number of aryl methyl sites for hydroxylation is 1. The van der Waals surface area contributed by atoms with Crippen LogP contribution in [-0.2, 0) is 11.3 Å². The maximum Gasteiger partial charge on any atom is 0.267 e. The fourth-order valence-electron chi connectivity index (χ4n) is 2.22. The second-order valence-corrected chi connectivity index (χ2v) is 4.81. The number of nitrogens with zero attached hydrogens (tertiary/aromatic N) is 2. The molecule has 18 heavy (non-hydrogen) atoms. The standard InChI is InChI=1S/C12H18N4O2/c1-8-2-5-12(18)16(15-8)7-11(17)14-10-4-3-9(13)6-10/h2,5,9-10H,3-4,6-7,13H2,1H3,(H,14,17)/t9-,10-/m1/s1. The highest BCUT2D eigenvalue weighted by Gasteiger charge is 2.23. The van der Waals surface area contributed by atoms with Gasteiger partial charge in [-0.2, -0.15) is 5.10 Å². The van der Waals surface area contributed by atoms with Gasteiger partial charge in [-0.15, -0.1) is 0 Å². The molecule has 1 aliphatic carbocycles. The lowest BCUT2D eigenvalue weighted by Crippen LogP contribution is -2.39. The first-order valence-electron chi connectivity index (χ1n) is 6.14. The van der Waals surface area contributed by atoms with E-state index in [9.17, 15) is 9.59 Å². The van der Waals surface area contributed by atoms with Gasteiger partial charge in [0.25, 0.3) is 5.56 Å². The van der Waals surface area contributed by atoms with Crippen LogP contribution >= 0.6 is 0 Å². The van der Waals surface area contributed by atoms with Crippen LogP contribution < -0.4 is 16.6 Å². The van der Waals surface area contributed by atoms with Crippen molar-refractivity contribution in [2.75, 3.05) is 0 Å². The fraction of sp³-hybridized carbons (Fsp3) is 0.583. The molecule has 0 unspecified atom stereocenters. The number of aromatic nitrogens is 2. The van der Waals surface area contributed by atoms with E-state index in [4.69, 9.17) is 5.73 Å². The van der Waals surface area contributed by atoms with Crippen LogP contribution in [0.5, 0.6) is 0 Å². The Kier molecular flexibility index (Phi) is 3.76. The zero-order valence-electron chi connectivity index (χ0n) is 10.4. The second-order valence-electron chi connectivity index (χ2n) is 4.81. The van der Waals surface area contributed by atoms with Crippen molar-refractivity contribution < 1.29 is 4.79 Å². The van der Waals surface area contributed by atoms with Gasteiger partial charge in [0.05, 0.1) is 5.69 Å². The number of nitrogens with two attached hydrogens (primary N) is 1. The van der Waals surface area contributed by atoms with E-state index in [-0.39, 0.29) is 30.1 Å². The first kappa shape index (κ1) is 12.8. The van der Waals surface area contributed by atoms with Crippen LogP contribution in [0.3, 0.4) is 0 Å². The topological polar surface area (TPSA) is 90.0 Å². The Bertz CT molecular complexity index is 497. The first-order chi connectivity index (χ1) is 8.54. The van der Waals surface area contributed by atoms with Crippen LogP contribution in [0.4, 0.5) is 0 Å². The van der Waals surface area contributed by atoms with Gasteiger partial charge in [0.2, 0.25) is 5.91 Å². The van der Waals surface area contributed by atoms with Crippen molar-refractivity contribution in [1.29, 1.82) is 0 Å². The molecule has 6 nitrogen and oxygen atoms in total. The third-order valence-electron chi connectivity index (χ3n) is 3.13. The van der Waals surface area contributed by atoms with E-state index < -0.39 is 0 Å². The number of rotatable bonds is 3. The van der Waals surface area contributed by atoms with Gasteiger partial charge < -0.3 is 11.1 Å². The van der Waals surface area contributed by atoms with E-state index in [0.717, 1.165) is 19.3 Å². The number of hydrogen-bond donors (Lipinski definition) is 2. The molecule has 1 aromatic rings. The molecule has 0 radical (unpaired) electrons. The monoisotopic (exact) mass is 250 g/mol. The predicted molar refractivity (Wildman–Crippen MR) is 67.0 cm³/mol. The van der Waals surface area contributed by atoms with Crippen molar-refractivity contribution in [1.82, 2.24) is 15.1 Å². The molecule has 2 atom stereocenters. The maximum absolute atomic E-state index is 11.8. The molecule has 1 heterocycles. The highest BCUT2D eigenvalue weighted by molar-refractivity contribution is 5.75. The molecule has 1 fully saturated rings. The smallest absolute Gasteiger partial charge is 0.267 e. The van der Waals surface area contributed by atoms with Gasteiger partial charge in [0.1, 0.15) is 6.54 Å². The van der Waals surface area contributed by atoms with E-state index in [1.807, 2.05) is 0 Å². The third-order valence-corrected chi connectivity index (χ3v) is 3.13. The molecule has 0 spiro atoms. The van der Waals surface area contributed by atoms with Gasteiger partial charge in [0.15, 0.2) is 0 Å². The van der Waals surface area contributed by atoms with E-state index in [1.54, 1.807) is 13.0 Å². The quantitative estimate of drug-likeness (QED) is 0.760. The van der Waals surface area contributed by atoms with Crippen LogP contribution in [-0.4, -0.2) is 27.8 Å². The molecule has 1 amide bonds. The van der Waals surface area contributed by atoms with Crippen LogP contribution in [0.2, 0.25) is 0 Å². The highest BCUT2D eigenvalue weighted by atomic mass is 16.2. The highest BCUT2D eigenvalue weighted by Crippen LogP contribution is 2.16. The fourth-order valence-corrected chi connectivity index (χ4v) is 2.22. The van der Waals surface area contributed by atoms with Crippen LogP contribution in [0.15, 0.2) is 16.9 Å². The minimum atomic E-state index is -0.265. The number of amides is 1. The van der Waals surface area contributed by atoms with Crippen molar-refractivity contribution in [3.05, 3.63) is 28.2 Å². The number of carbonyl (C=O) groups excluding carboxylic acids is 1. The number of hydrogen-bond acceptors (Lipinski definition) is 4. The van der Waals surface area contributed by atoms with Crippen molar-refractivity contribution in [3.8, 4) is 0 Å². The molecular weight excluding hydrogens is 232 g/mol. The summed E-state index contributed by atoms with van der Waals surface area (Å²) in [6, 6.07) is 3.36. The van der Waals surface area contributed by atoms with E-state index in [0.29, 0.717) is 5.69 Å². The maximum atomic E-state index is 11.8. The summed E-state index contributed by atoms with van der Waals surface area (Å²) in [6.07, 6.45) is 2.65. The molecule has 6 heteroatoms. The van der Waals surface area contributed by atoms with Crippen LogP contribution in [0, 0.1) is 6.92 Å². The molecule has 2 rings (SSSR count). The van der Waals surface area contributed by atoms with Gasteiger partial charge in [-0.1, -0.05) is 0 Å². The summed E-state index contributed by atoms with van der Waals surface area (Å²) in [5.41, 5.74) is 6.23.